The Labute approximate surface area is 177 Å². The van der Waals surface area contributed by atoms with Crippen LogP contribution in [0.5, 0.6) is 11.5 Å². The van der Waals surface area contributed by atoms with Crippen molar-refractivity contribution >= 4 is 11.8 Å². The molecule has 0 fully saturated rings. The summed E-state index contributed by atoms with van der Waals surface area (Å²) in [5.74, 6) is -0.0330. The SMILES string of the molecule is C[C@@H](NC(=O)C(Cc1ccc(O)cc1)N(C)C)C(=O)NCCCc1ccc(O)cc1. The van der Waals surface area contributed by atoms with Gasteiger partial charge in [-0.25, -0.2) is 0 Å². The van der Waals surface area contributed by atoms with Crippen LogP contribution < -0.4 is 10.6 Å². The van der Waals surface area contributed by atoms with Gasteiger partial charge in [0.1, 0.15) is 17.5 Å². The molecule has 0 aliphatic heterocycles. The Hall–Kier alpha value is -3.06. The van der Waals surface area contributed by atoms with E-state index in [1.165, 1.54) is 0 Å². The first kappa shape index (κ1) is 23.2. The van der Waals surface area contributed by atoms with Crippen LogP contribution in [0.3, 0.4) is 0 Å². The molecule has 0 heterocycles. The smallest absolute Gasteiger partial charge is 0.242 e. The number of nitrogens with zero attached hydrogens (tertiary/aromatic N) is 1. The van der Waals surface area contributed by atoms with Gasteiger partial charge in [-0.3, -0.25) is 14.5 Å². The fourth-order valence-corrected chi connectivity index (χ4v) is 3.06. The summed E-state index contributed by atoms with van der Waals surface area (Å²) in [4.78, 5) is 26.8. The molecule has 1 unspecified atom stereocenters. The van der Waals surface area contributed by atoms with E-state index in [4.69, 9.17) is 0 Å². The summed E-state index contributed by atoms with van der Waals surface area (Å²) >= 11 is 0. The minimum Gasteiger partial charge on any atom is -0.508 e. The number of rotatable bonds is 10. The number of carbonyl (C=O) groups excluding carboxylic acids is 2. The van der Waals surface area contributed by atoms with Gasteiger partial charge in [0.25, 0.3) is 0 Å². The van der Waals surface area contributed by atoms with Gasteiger partial charge in [-0.1, -0.05) is 24.3 Å². The van der Waals surface area contributed by atoms with E-state index >= 15 is 0 Å². The van der Waals surface area contributed by atoms with E-state index in [0.717, 1.165) is 24.0 Å². The van der Waals surface area contributed by atoms with Crippen LogP contribution in [0.1, 0.15) is 24.5 Å². The van der Waals surface area contributed by atoms with Crippen LogP contribution in [0, 0.1) is 0 Å². The topological polar surface area (TPSA) is 102 Å². The van der Waals surface area contributed by atoms with Crippen LogP contribution in [0.4, 0.5) is 0 Å². The zero-order chi connectivity index (χ0) is 22.1. The Morgan fingerprint density at radius 2 is 1.43 bits per heavy atom. The average molecular weight is 414 g/mol. The third-order valence-corrected chi connectivity index (χ3v) is 4.92. The molecule has 30 heavy (non-hydrogen) atoms. The lowest BCUT2D eigenvalue weighted by Gasteiger charge is -2.25. The Morgan fingerprint density at radius 3 is 1.97 bits per heavy atom. The van der Waals surface area contributed by atoms with Crippen molar-refractivity contribution in [1.29, 1.82) is 0 Å². The van der Waals surface area contributed by atoms with Gasteiger partial charge in [-0.05, 0) is 75.7 Å². The molecule has 0 bridgehead atoms. The highest BCUT2D eigenvalue weighted by atomic mass is 16.3. The summed E-state index contributed by atoms with van der Waals surface area (Å²) in [5.41, 5.74) is 2.01. The summed E-state index contributed by atoms with van der Waals surface area (Å²) in [6, 6.07) is 12.7. The first-order chi connectivity index (χ1) is 14.3. The Morgan fingerprint density at radius 1 is 0.900 bits per heavy atom. The number of phenolic OH excluding ortho intramolecular Hbond substituents is 2. The number of phenols is 2. The van der Waals surface area contributed by atoms with Crippen molar-refractivity contribution in [3.8, 4) is 11.5 Å². The van der Waals surface area contributed by atoms with Crippen molar-refractivity contribution in [3.63, 3.8) is 0 Å². The normalized spacial score (nSPS) is 12.9. The zero-order valence-corrected chi connectivity index (χ0v) is 17.8. The van der Waals surface area contributed by atoms with E-state index in [-0.39, 0.29) is 23.3 Å². The average Bonchev–Trinajstić information content (AvgIpc) is 2.71. The Kier molecular flexibility index (Phi) is 8.68. The number of benzene rings is 2. The quantitative estimate of drug-likeness (QED) is 0.445. The highest BCUT2D eigenvalue weighted by Crippen LogP contribution is 2.13. The molecular formula is C23H31N3O4. The molecule has 0 radical (unpaired) electrons. The van der Waals surface area contributed by atoms with E-state index in [1.54, 1.807) is 43.3 Å². The highest BCUT2D eigenvalue weighted by molar-refractivity contribution is 5.89. The Balaban J connectivity index is 1.79. The monoisotopic (exact) mass is 413 g/mol. The number of hydrogen-bond acceptors (Lipinski definition) is 5. The lowest BCUT2D eigenvalue weighted by atomic mass is 10.0. The van der Waals surface area contributed by atoms with Crippen molar-refractivity contribution in [2.45, 2.75) is 38.3 Å². The lowest BCUT2D eigenvalue weighted by Crippen LogP contribution is -2.52. The van der Waals surface area contributed by atoms with E-state index < -0.39 is 12.1 Å². The summed E-state index contributed by atoms with van der Waals surface area (Å²) in [5, 5.41) is 24.3. The molecule has 0 aliphatic carbocycles. The molecule has 2 rings (SSSR count). The molecule has 7 heteroatoms. The van der Waals surface area contributed by atoms with E-state index in [0.29, 0.717) is 13.0 Å². The molecule has 7 nitrogen and oxygen atoms in total. The van der Waals surface area contributed by atoms with Crippen molar-refractivity contribution in [1.82, 2.24) is 15.5 Å². The lowest BCUT2D eigenvalue weighted by molar-refractivity contribution is -0.131. The largest absolute Gasteiger partial charge is 0.508 e. The molecular weight excluding hydrogens is 382 g/mol. The number of carbonyl (C=O) groups is 2. The molecule has 0 saturated carbocycles. The van der Waals surface area contributed by atoms with Crippen LogP contribution in [0.15, 0.2) is 48.5 Å². The minimum absolute atomic E-state index is 0.181. The molecule has 0 spiro atoms. The third-order valence-electron chi connectivity index (χ3n) is 4.92. The van der Waals surface area contributed by atoms with Gasteiger partial charge in [-0.15, -0.1) is 0 Å². The van der Waals surface area contributed by atoms with Crippen molar-refractivity contribution in [2.24, 2.45) is 0 Å². The maximum Gasteiger partial charge on any atom is 0.242 e. The van der Waals surface area contributed by atoms with Gasteiger partial charge in [-0.2, -0.15) is 0 Å². The number of hydrogen-bond donors (Lipinski definition) is 4. The fraction of sp³-hybridized carbons (Fsp3) is 0.391. The second-order valence-electron chi connectivity index (χ2n) is 7.64. The van der Waals surface area contributed by atoms with Gasteiger partial charge in [0.05, 0.1) is 6.04 Å². The number of amides is 2. The summed E-state index contributed by atoms with van der Waals surface area (Å²) in [6.07, 6.45) is 2.02. The van der Waals surface area contributed by atoms with Crippen LogP contribution in [0.25, 0.3) is 0 Å². The van der Waals surface area contributed by atoms with Gasteiger partial charge < -0.3 is 20.8 Å². The number of aryl methyl sites for hydroxylation is 1. The summed E-state index contributed by atoms with van der Waals surface area (Å²) in [7, 11) is 3.64. The second-order valence-corrected chi connectivity index (χ2v) is 7.64. The second kappa shape index (κ2) is 11.2. The fourth-order valence-electron chi connectivity index (χ4n) is 3.06. The minimum atomic E-state index is -0.645. The van der Waals surface area contributed by atoms with Crippen LogP contribution in [0.2, 0.25) is 0 Å². The first-order valence-corrected chi connectivity index (χ1v) is 10.1. The predicted molar refractivity (Wildman–Crippen MR) is 116 cm³/mol. The molecule has 2 aromatic rings. The van der Waals surface area contributed by atoms with E-state index in [9.17, 15) is 19.8 Å². The van der Waals surface area contributed by atoms with Crippen LogP contribution in [-0.4, -0.2) is 59.7 Å². The molecule has 162 valence electrons. The maximum absolute atomic E-state index is 12.7. The van der Waals surface area contributed by atoms with Gasteiger partial charge in [0.2, 0.25) is 11.8 Å². The van der Waals surface area contributed by atoms with Crippen molar-refractivity contribution < 1.29 is 19.8 Å². The van der Waals surface area contributed by atoms with E-state index in [2.05, 4.69) is 10.6 Å². The molecule has 0 aliphatic rings. The Bertz CT molecular complexity index is 819. The number of likely N-dealkylation sites (N-methyl/N-ethyl adjacent to an activating group) is 1. The van der Waals surface area contributed by atoms with Crippen molar-refractivity contribution in [2.75, 3.05) is 20.6 Å². The first-order valence-electron chi connectivity index (χ1n) is 10.1. The molecule has 0 aromatic heterocycles. The van der Waals surface area contributed by atoms with Gasteiger partial charge in [0.15, 0.2) is 0 Å². The molecule has 2 aromatic carbocycles. The van der Waals surface area contributed by atoms with E-state index in [1.807, 2.05) is 31.1 Å². The number of aromatic hydroxyl groups is 2. The van der Waals surface area contributed by atoms with Crippen LogP contribution in [-0.2, 0) is 22.4 Å². The van der Waals surface area contributed by atoms with Crippen LogP contribution >= 0.6 is 0 Å². The summed E-state index contributed by atoms with van der Waals surface area (Å²) in [6.45, 7) is 2.17. The number of nitrogens with one attached hydrogen (secondary N) is 2. The summed E-state index contributed by atoms with van der Waals surface area (Å²) < 4.78 is 0. The zero-order valence-electron chi connectivity index (χ0n) is 17.8. The molecule has 0 saturated heterocycles. The standard InChI is InChI=1S/C23H31N3O4/c1-16(22(29)24-14-4-5-17-6-10-19(27)11-7-17)25-23(30)21(26(2)3)15-18-8-12-20(28)13-9-18/h6-13,16,21,27-28H,4-5,14-15H2,1-3H3,(H,24,29)(H,25,30)/t16-,21?/m1/s1. The predicted octanol–water partition coefficient (Wildman–Crippen LogP) is 1.82. The van der Waals surface area contributed by atoms with Gasteiger partial charge in [0, 0.05) is 6.54 Å². The molecule has 2 atom stereocenters. The molecule has 2 amide bonds. The third kappa shape index (κ3) is 7.40. The highest BCUT2D eigenvalue weighted by Gasteiger charge is 2.24. The maximum atomic E-state index is 12.7. The van der Waals surface area contributed by atoms with Crippen molar-refractivity contribution in [3.05, 3.63) is 59.7 Å². The van der Waals surface area contributed by atoms with Gasteiger partial charge >= 0.3 is 0 Å². The molecule has 4 N–H and O–H groups in total.